The molecule has 6 heteroatoms. The van der Waals surface area contributed by atoms with Crippen molar-refractivity contribution in [2.45, 2.75) is 19.4 Å². The molecule has 4 rings (SSSR count). The summed E-state index contributed by atoms with van der Waals surface area (Å²) in [4.78, 5) is 12.4. The Kier molecular flexibility index (Phi) is 5.99. The molecule has 3 aromatic rings. The van der Waals surface area contributed by atoms with E-state index in [0.29, 0.717) is 11.7 Å². The molecular formula is C22H24N4OS. The lowest BCUT2D eigenvalue weighted by molar-refractivity contribution is 0.306. The molecule has 3 heterocycles. The van der Waals surface area contributed by atoms with Crippen molar-refractivity contribution in [1.29, 1.82) is 0 Å². The predicted octanol–water partition coefficient (Wildman–Crippen LogP) is 3.81. The Morgan fingerprint density at radius 2 is 2.00 bits per heavy atom. The molecule has 0 atom stereocenters. The summed E-state index contributed by atoms with van der Waals surface area (Å²) in [6.07, 6.45) is 10.0. The maximum atomic E-state index is 5.82. The van der Waals surface area contributed by atoms with Crippen LogP contribution < -0.4 is 10.5 Å². The van der Waals surface area contributed by atoms with E-state index in [2.05, 4.69) is 39.2 Å². The predicted molar refractivity (Wildman–Crippen MR) is 114 cm³/mol. The first-order valence-corrected chi connectivity index (χ1v) is 10.3. The summed E-state index contributed by atoms with van der Waals surface area (Å²) >= 11 is 1.64. The van der Waals surface area contributed by atoms with Crippen LogP contribution in [0.5, 0.6) is 5.75 Å². The molecule has 0 unspecified atom stereocenters. The Balaban J connectivity index is 1.25. The molecule has 0 spiro atoms. The molecule has 2 aromatic heterocycles. The van der Waals surface area contributed by atoms with E-state index >= 15 is 0 Å². The van der Waals surface area contributed by atoms with Crippen molar-refractivity contribution in [3.63, 3.8) is 0 Å². The van der Waals surface area contributed by atoms with Gasteiger partial charge in [0.05, 0.1) is 5.69 Å². The monoisotopic (exact) mass is 392 g/mol. The summed E-state index contributed by atoms with van der Waals surface area (Å²) in [7, 11) is 0. The van der Waals surface area contributed by atoms with E-state index in [0.717, 1.165) is 43.8 Å². The number of nitrogen functional groups attached to an aromatic ring is 1. The van der Waals surface area contributed by atoms with Gasteiger partial charge in [0, 0.05) is 48.9 Å². The van der Waals surface area contributed by atoms with Gasteiger partial charge in [0.25, 0.3) is 0 Å². The highest BCUT2D eigenvalue weighted by molar-refractivity contribution is 7.15. The molecule has 1 aliphatic heterocycles. The first-order chi connectivity index (χ1) is 13.8. The lowest BCUT2D eigenvalue weighted by Crippen LogP contribution is -2.26. The number of fused-ring (bicyclic) bond motifs is 1. The number of nitrogens with zero attached hydrogens (tertiary/aromatic N) is 3. The minimum atomic E-state index is 0.532. The first-order valence-electron chi connectivity index (χ1n) is 9.51. The number of nitrogens with two attached hydrogens (primary N) is 1. The first kappa shape index (κ1) is 18.7. The topological polar surface area (TPSA) is 64.3 Å². The van der Waals surface area contributed by atoms with Crippen LogP contribution in [0, 0.1) is 0 Å². The van der Waals surface area contributed by atoms with Gasteiger partial charge in [-0.05, 0) is 30.2 Å². The molecule has 2 N–H and O–H groups in total. The normalized spacial score (nSPS) is 14.7. The van der Waals surface area contributed by atoms with Gasteiger partial charge in [0.15, 0.2) is 5.13 Å². The van der Waals surface area contributed by atoms with Gasteiger partial charge in [0.2, 0.25) is 0 Å². The quantitative estimate of drug-likeness (QED) is 0.691. The standard InChI is InChI=1S/C22H24N4OS/c23-22-25-20-9-13-26(14-10-21(20)28-22)12-2-4-17-5-7-19(8-6-17)27-16-18-3-1-11-24-15-18/h1-8,11,15H,9-10,12-14,16H2,(H2,23,25). The van der Waals surface area contributed by atoms with Crippen LogP contribution in [-0.2, 0) is 19.4 Å². The van der Waals surface area contributed by atoms with E-state index in [1.807, 2.05) is 30.5 Å². The SMILES string of the molecule is Nc1nc2c(s1)CCN(CC=Cc1ccc(OCc3cccnc3)cc1)CC2. The summed E-state index contributed by atoms with van der Waals surface area (Å²) in [6.45, 7) is 3.56. The van der Waals surface area contributed by atoms with E-state index in [-0.39, 0.29) is 0 Å². The minimum absolute atomic E-state index is 0.532. The van der Waals surface area contributed by atoms with Crippen molar-refractivity contribution in [2.24, 2.45) is 0 Å². The number of aromatic nitrogens is 2. The van der Waals surface area contributed by atoms with Crippen LogP contribution in [0.3, 0.4) is 0 Å². The van der Waals surface area contributed by atoms with E-state index in [4.69, 9.17) is 10.5 Å². The van der Waals surface area contributed by atoms with E-state index in [1.54, 1.807) is 17.5 Å². The second kappa shape index (κ2) is 8.99. The fourth-order valence-corrected chi connectivity index (χ4v) is 4.14. The molecule has 1 aliphatic rings. The molecule has 0 saturated heterocycles. The molecule has 144 valence electrons. The van der Waals surface area contributed by atoms with Crippen molar-refractivity contribution in [2.75, 3.05) is 25.4 Å². The van der Waals surface area contributed by atoms with Crippen LogP contribution in [0.4, 0.5) is 5.13 Å². The number of hydrogen-bond donors (Lipinski definition) is 1. The van der Waals surface area contributed by atoms with Gasteiger partial charge >= 0.3 is 0 Å². The third kappa shape index (κ3) is 4.97. The molecule has 1 aromatic carbocycles. The summed E-state index contributed by atoms with van der Waals surface area (Å²) in [6, 6.07) is 12.1. The molecule has 5 nitrogen and oxygen atoms in total. The molecule has 0 amide bonds. The number of benzene rings is 1. The fraction of sp³-hybridized carbons (Fsp3) is 0.273. The number of thiazole rings is 1. The number of ether oxygens (including phenoxy) is 1. The van der Waals surface area contributed by atoms with Crippen molar-refractivity contribution in [3.05, 3.63) is 76.6 Å². The third-order valence-corrected chi connectivity index (χ3v) is 5.78. The Morgan fingerprint density at radius 3 is 2.82 bits per heavy atom. The van der Waals surface area contributed by atoms with Gasteiger partial charge < -0.3 is 10.5 Å². The van der Waals surface area contributed by atoms with Crippen LogP contribution in [-0.4, -0.2) is 34.5 Å². The highest BCUT2D eigenvalue weighted by atomic mass is 32.1. The fourth-order valence-electron chi connectivity index (χ4n) is 3.28. The number of rotatable bonds is 6. The largest absolute Gasteiger partial charge is 0.489 e. The van der Waals surface area contributed by atoms with Crippen LogP contribution in [0.2, 0.25) is 0 Å². The number of anilines is 1. The average Bonchev–Trinajstić information content (AvgIpc) is 2.99. The van der Waals surface area contributed by atoms with E-state index in [1.165, 1.54) is 16.1 Å². The number of pyridine rings is 1. The summed E-state index contributed by atoms with van der Waals surface area (Å²) in [5, 5.41) is 0.700. The Labute approximate surface area is 169 Å². The minimum Gasteiger partial charge on any atom is -0.489 e. The lowest BCUT2D eigenvalue weighted by atomic mass is 10.2. The van der Waals surface area contributed by atoms with Gasteiger partial charge in [-0.3, -0.25) is 9.88 Å². The zero-order valence-electron chi connectivity index (χ0n) is 15.8. The van der Waals surface area contributed by atoms with Gasteiger partial charge in [-0.1, -0.05) is 30.4 Å². The zero-order valence-corrected chi connectivity index (χ0v) is 16.6. The van der Waals surface area contributed by atoms with Crippen LogP contribution >= 0.6 is 11.3 Å². The molecular weight excluding hydrogens is 368 g/mol. The lowest BCUT2D eigenvalue weighted by Gasteiger charge is -2.17. The maximum absolute atomic E-state index is 5.82. The molecule has 0 bridgehead atoms. The van der Waals surface area contributed by atoms with E-state index in [9.17, 15) is 0 Å². The van der Waals surface area contributed by atoms with Gasteiger partial charge in [-0.2, -0.15) is 0 Å². The molecule has 0 radical (unpaired) electrons. The van der Waals surface area contributed by atoms with Gasteiger partial charge in [-0.25, -0.2) is 4.98 Å². The van der Waals surface area contributed by atoms with Crippen molar-refractivity contribution >= 4 is 22.5 Å². The zero-order chi connectivity index (χ0) is 19.2. The van der Waals surface area contributed by atoms with Crippen LogP contribution in [0.1, 0.15) is 21.7 Å². The number of hydrogen-bond acceptors (Lipinski definition) is 6. The van der Waals surface area contributed by atoms with Gasteiger partial charge in [0.1, 0.15) is 12.4 Å². The Hall–Kier alpha value is -2.70. The van der Waals surface area contributed by atoms with Crippen LogP contribution in [0.15, 0.2) is 54.9 Å². The summed E-state index contributed by atoms with van der Waals surface area (Å²) < 4.78 is 5.81. The Morgan fingerprint density at radius 1 is 1.14 bits per heavy atom. The molecule has 0 fully saturated rings. The molecule has 28 heavy (non-hydrogen) atoms. The second-order valence-electron chi connectivity index (χ2n) is 6.84. The third-order valence-electron chi connectivity index (χ3n) is 4.80. The van der Waals surface area contributed by atoms with Crippen molar-refractivity contribution in [3.8, 4) is 5.75 Å². The average molecular weight is 393 g/mol. The second-order valence-corrected chi connectivity index (χ2v) is 7.96. The van der Waals surface area contributed by atoms with Crippen molar-refractivity contribution in [1.82, 2.24) is 14.9 Å². The summed E-state index contributed by atoms with van der Waals surface area (Å²) in [5.41, 5.74) is 9.25. The smallest absolute Gasteiger partial charge is 0.180 e. The van der Waals surface area contributed by atoms with Gasteiger partial charge in [-0.15, -0.1) is 11.3 Å². The maximum Gasteiger partial charge on any atom is 0.180 e. The van der Waals surface area contributed by atoms with Crippen LogP contribution in [0.25, 0.3) is 6.08 Å². The van der Waals surface area contributed by atoms with E-state index < -0.39 is 0 Å². The molecule has 0 aliphatic carbocycles. The highest BCUT2D eigenvalue weighted by Gasteiger charge is 2.16. The molecule has 0 saturated carbocycles. The summed E-state index contributed by atoms with van der Waals surface area (Å²) in [5.74, 6) is 0.867. The Bertz CT molecular complexity index is 896. The van der Waals surface area contributed by atoms with Crippen molar-refractivity contribution < 1.29 is 4.74 Å². The highest BCUT2D eigenvalue weighted by Crippen LogP contribution is 2.24.